The molecule has 8 nitrogen and oxygen atoms in total. The third kappa shape index (κ3) is 8.14. The van der Waals surface area contributed by atoms with Crippen molar-refractivity contribution < 1.29 is 19.2 Å². The first kappa shape index (κ1) is 23.2. The summed E-state index contributed by atoms with van der Waals surface area (Å²) in [6.45, 7) is 0.273. The van der Waals surface area contributed by atoms with Gasteiger partial charge < -0.3 is 15.4 Å². The Bertz CT molecular complexity index is 924. The molecule has 0 radical (unpaired) electrons. The Kier molecular flexibility index (Phi) is 9.17. The van der Waals surface area contributed by atoms with Crippen LogP contribution in [0.15, 0.2) is 48.5 Å². The number of carbonyl (C=O) groups excluding carboxylic acids is 2. The Morgan fingerprint density at radius 3 is 2.57 bits per heavy atom. The van der Waals surface area contributed by atoms with Gasteiger partial charge in [0.2, 0.25) is 5.91 Å². The van der Waals surface area contributed by atoms with Crippen molar-refractivity contribution in [2.45, 2.75) is 25.7 Å². The van der Waals surface area contributed by atoms with Gasteiger partial charge in [-0.25, -0.2) is 0 Å². The van der Waals surface area contributed by atoms with Crippen molar-refractivity contribution in [3.63, 3.8) is 0 Å². The van der Waals surface area contributed by atoms with Gasteiger partial charge >= 0.3 is 5.97 Å². The number of halogens is 1. The molecular formula is C20H20ClN3O5S. The van der Waals surface area contributed by atoms with Crippen LogP contribution in [0.4, 0.5) is 11.4 Å². The summed E-state index contributed by atoms with van der Waals surface area (Å²) in [5.74, 6) is -0.990. The molecule has 0 saturated heterocycles. The van der Waals surface area contributed by atoms with Crippen LogP contribution < -0.4 is 10.6 Å². The number of nitrogens with zero attached hydrogens (tertiary/aromatic N) is 1. The highest BCUT2D eigenvalue weighted by atomic mass is 35.5. The van der Waals surface area contributed by atoms with Gasteiger partial charge in [-0.3, -0.25) is 19.7 Å². The Morgan fingerprint density at radius 2 is 1.87 bits per heavy atom. The number of esters is 1. The zero-order valence-electron chi connectivity index (χ0n) is 15.9. The van der Waals surface area contributed by atoms with E-state index in [2.05, 4.69) is 10.6 Å². The average Bonchev–Trinajstić information content (AvgIpc) is 2.71. The second-order valence-electron chi connectivity index (χ2n) is 6.23. The smallest absolute Gasteiger partial charge is 0.306 e. The van der Waals surface area contributed by atoms with E-state index in [0.29, 0.717) is 6.42 Å². The first-order valence-electron chi connectivity index (χ1n) is 9.09. The van der Waals surface area contributed by atoms with Crippen LogP contribution in [0.2, 0.25) is 5.02 Å². The predicted octanol–water partition coefficient (Wildman–Crippen LogP) is 4.02. The maximum Gasteiger partial charge on any atom is 0.306 e. The summed E-state index contributed by atoms with van der Waals surface area (Å²) in [5.41, 5.74) is 0.973. The van der Waals surface area contributed by atoms with Crippen molar-refractivity contribution in [2.75, 3.05) is 11.9 Å². The van der Waals surface area contributed by atoms with Gasteiger partial charge in [0.1, 0.15) is 5.69 Å². The van der Waals surface area contributed by atoms with E-state index in [1.54, 1.807) is 0 Å². The summed E-state index contributed by atoms with van der Waals surface area (Å²) >= 11 is 10.7. The minimum atomic E-state index is -0.619. The summed E-state index contributed by atoms with van der Waals surface area (Å²) in [6, 6.07) is 13.8. The number of nitro groups is 1. The fourth-order valence-electron chi connectivity index (χ4n) is 2.50. The maximum absolute atomic E-state index is 11.9. The van der Waals surface area contributed by atoms with Crippen LogP contribution in [0.25, 0.3) is 0 Å². The second-order valence-corrected chi connectivity index (χ2v) is 7.08. The number of nitro benzene ring substituents is 1. The molecule has 2 aromatic rings. The summed E-state index contributed by atoms with van der Waals surface area (Å²) in [4.78, 5) is 34.1. The molecule has 0 fully saturated rings. The highest BCUT2D eigenvalue weighted by Gasteiger charge is 2.16. The number of thiocarbonyl (C=S) groups is 1. The SMILES string of the molecule is O=C(CCC(=O)OCCCc1ccccc1)NC(=S)Nc1ccc(Cl)cc1[N+](=O)[O-]. The molecule has 0 aliphatic heterocycles. The van der Waals surface area contributed by atoms with Crippen molar-refractivity contribution in [3.8, 4) is 0 Å². The van der Waals surface area contributed by atoms with E-state index in [4.69, 9.17) is 28.6 Å². The van der Waals surface area contributed by atoms with Gasteiger partial charge in [-0.2, -0.15) is 0 Å². The zero-order valence-corrected chi connectivity index (χ0v) is 17.5. The number of anilines is 1. The van der Waals surface area contributed by atoms with Crippen LogP contribution in [0.1, 0.15) is 24.8 Å². The molecule has 10 heteroatoms. The largest absolute Gasteiger partial charge is 0.466 e. The van der Waals surface area contributed by atoms with Gasteiger partial charge in [0.05, 0.1) is 18.0 Å². The van der Waals surface area contributed by atoms with E-state index in [1.807, 2.05) is 30.3 Å². The highest BCUT2D eigenvalue weighted by molar-refractivity contribution is 7.80. The third-order valence-electron chi connectivity index (χ3n) is 3.93. The van der Waals surface area contributed by atoms with Gasteiger partial charge in [0.15, 0.2) is 5.11 Å². The molecule has 2 aromatic carbocycles. The number of hydrogen-bond acceptors (Lipinski definition) is 6. The highest BCUT2D eigenvalue weighted by Crippen LogP contribution is 2.27. The summed E-state index contributed by atoms with van der Waals surface area (Å²) in [7, 11) is 0. The third-order valence-corrected chi connectivity index (χ3v) is 4.37. The molecule has 0 aliphatic rings. The number of nitrogens with one attached hydrogen (secondary N) is 2. The number of carbonyl (C=O) groups is 2. The van der Waals surface area contributed by atoms with Crippen LogP contribution in [0.3, 0.4) is 0 Å². The molecule has 0 aliphatic carbocycles. The van der Waals surface area contributed by atoms with Crippen molar-refractivity contribution in [3.05, 3.63) is 69.2 Å². The van der Waals surface area contributed by atoms with Gasteiger partial charge in [0.25, 0.3) is 5.69 Å². The average molecular weight is 450 g/mol. The topological polar surface area (TPSA) is 111 Å². The molecule has 2 rings (SSSR count). The maximum atomic E-state index is 11.9. The molecule has 0 atom stereocenters. The Morgan fingerprint density at radius 1 is 1.13 bits per heavy atom. The van der Waals surface area contributed by atoms with Gasteiger partial charge in [0, 0.05) is 17.5 Å². The molecule has 0 aromatic heterocycles. The van der Waals surface area contributed by atoms with E-state index in [0.717, 1.165) is 12.0 Å². The van der Waals surface area contributed by atoms with Crippen molar-refractivity contribution >= 4 is 52.2 Å². The molecule has 30 heavy (non-hydrogen) atoms. The fraction of sp³-hybridized carbons (Fsp3) is 0.250. The molecule has 0 spiro atoms. The van der Waals surface area contributed by atoms with E-state index in [9.17, 15) is 19.7 Å². The van der Waals surface area contributed by atoms with Crippen LogP contribution >= 0.6 is 23.8 Å². The van der Waals surface area contributed by atoms with Crippen molar-refractivity contribution in [1.82, 2.24) is 5.32 Å². The number of rotatable bonds is 9. The number of benzene rings is 2. The number of amides is 1. The minimum Gasteiger partial charge on any atom is -0.466 e. The lowest BCUT2D eigenvalue weighted by Crippen LogP contribution is -2.34. The molecule has 158 valence electrons. The van der Waals surface area contributed by atoms with E-state index < -0.39 is 16.8 Å². The Balaban J connectivity index is 1.68. The number of hydrogen-bond donors (Lipinski definition) is 2. The lowest BCUT2D eigenvalue weighted by Gasteiger charge is -2.10. The standard InChI is InChI=1S/C20H20ClN3O5S/c21-15-8-9-16(17(13-15)24(27)28)22-20(30)23-18(25)10-11-19(26)29-12-4-7-14-5-2-1-3-6-14/h1-3,5-6,8-9,13H,4,7,10-12H2,(H2,22,23,25,30). The lowest BCUT2D eigenvalue weighted by atomic mass is 10.1. The molecule has 1 amide bonds. The van der Waals surface area contributed by atoms with Crippen LogP contribution in [0.5, 0.6) is 0 Å². The normalized spacial score (nSPS) is 10.2. The van der Waals surface area contributed by atoms with E-state index in [1.165, 1.54) is 18.2 Å². The summed E-state index contributed by atoms with van der Waals surface area (Å²) in [6.07, 6.45) is 1.27. The number of aryl methyl sites for hydroxylation is 1. The molecule has 0 heterocycles. The van der Waals surface area contributed by atoms with Gasteiger partial charge in [-0.15, -0.1) is 0 Å². The van der Waals surface area contributed by atoms with Crippen LogP contribution in [-0.4, -0.2) is 28.5 Å². The predicted molar refractivity (Wildman–Crippen MR) is 117 cm³/mol. The first-order chi connectivity index (χ1) is 14.3. The molecule has 0 saturated carbocycles. The van der Waals surface area contributed by atoms with Crippen molar-refractivity contribution in [1.29, 1.82) is 0 Å². The Hall–Kier alpha value is -3.04. The molecule has 2 N–H and O–H groups in total. The molecule has 0 bridgehead atoms. The minimum absolute atomic E-state index is 0.0903. The molecular weight excluding hydrogens is 430 g/mol. The summed E-state index contributed by atoms with van der Waals surface area (Å²) < 4.78 is 5.11. The molecule has 0 unspecified atom stereocenters. The summed E-state index contributed by atoms with van der Waals surface area (Å²) in [5, 5.41) is 16.1. The lowest BCUT2D eigenvalue weighted by molar-refractivity contribution is -0.383. The fourth-order valence-corrected chi connectivity index (χ4v) is 2.89. The van der Waals surface area contributed by atoms with Gasteiger partial charge in [-0.05, 0) is 42.8 Å². The van der Waals surface area contributed by atoms with Crippen LogP contribution in [0, 0.1) is 10.1 Å². The Labute approximate surface area is 183 Å². The quantitative estimate of drug-likeness (QED) is 0.195. The monoisotopic (exact) mass is 449 g/mol. The second kappa shape index (κ2) is 11.8. The first-order valence-corrected chi connectivity index (χ1v) is 9.88. The van der Waals surface area contributed by atoms with Crippen LogP contribution in [-0.2, 0) is 20.7 Å². The van der Waals surface area contributed by atoms with E-state index >= 15 is 0 Å². The van der Waals surface area contributed by atoms with Gasteiger partial charge in [-0.1, -0.05) is 41.9 Å². The van der Waals surface area contributed by atoms with E-state index in [-0.39, 0.29) is 41.0 Å². The van der Waals surface area contributed by atoms with Crippen molar-refractivity contribution in [2.24, 2.45) is 0 Å². The number of ether oxygens (including phenoxy) is 1. The zero-order chi connectivity index (χ0) is 21.9.